The molecule has 3 rings (SSSR count). The van der Waals surface area contributed by atoms with Gasteiger partial charge in [0, 0.05) is 29.8 Å². The number of hydrogen-bond donors (Lipinski definition) is 2. The maximum Gasteiger partial charge on any atom is 0.255 e. The smallest absolute Gasteiger partial charge is 0.255 e. The van der Waals surface area contributed by atoms with E-state index >= 15 is 0 Å². The number of aryl methyl sites for hydroxylation is 2. The predicted molar refractivity (Wildman–Crippen MR) is 134 cm³/mol. The fraction of sp³-hybridized carbons (Fsp3) is 0.346. The fourth-order valence-corrected chi connectivity index (χ4v) is 3.58. The van der Waals surface area contributed by atoms with Crippen molar-refractivity contribution in [1.82, 2.24) is 10.1 Å². The molecule has 0 unspecified atom stereocenters. The summed E-state index contributed by atoms with van der Waals surface area (Å²) in [5.74, 6) is 1.11. The normalized spacial score (nSPS) is 10.8. The molecule has 0 aliphatic carbocycles. The van der Waals surface area contributed by atoms with E-state index in [0.717, 1.165) is 17.0 Å². The first kappa shape index (κ1) is 25.8. The number of carbonyl (C=O) groups excluding carboxylic acids is 2. The van der Waals surface area contributed by atoms with Crippen molar-refractivity contribution in [3.63, 3.8) is 0 Å². The third-order valence-corrected chi connectivity index (χ3v) is 5.26. The van der Waals surface area contributed by atoms with Crippen molar-refractivity contribution in [2.45, 2.75) is 34.2 Å². The van der Waals surface area contributed by atoms with E-state index in [1.54, 1.807) is 36.4 Å². The lowest BCUT2D eigenvalue weighted by molar-refractivity contribution is -0.117. The van der Waals surface area contributed by atoms with Crippen molar-refractivity contribution >= 4 is 23.2 Å². The van der Waals surface area contributed by atoms with Crippen molar-refractivity contribution in [2.75, 3.05) is 37.4 Å². The number of nitrogens with one attached hydrogen (secondary N) is 2. The van der Waals surface area contributed by atoms with Gasteiger partial charge in [0.05, 0.1) is 36.8 Å². The quantitative estimate of drug-likeness (QED) is 0.419. The van der Waals surface area contributed by atoms with E-state index in [1.165, 1.54) is 0 Å². The molecular formula is C26H32N4O5. The number of nitrogens with zero attached hydrogens (tertiary/aromatic N) is 2. The second-order valence-corrected chi connectivity index (χ2v) is 8.05. The van der Waals surface area contributed by atoms with Crippen molar-refractivity contribution in [3.05, 3.63) is 65.0 Å². The number of carbonyl (C=O) groups is 2. The molecule has 0 bridgehead atoms. The molecule has 9 heteroatoms. The van der Waals surface area contributed by atoms with Crippen molar-refractivity contribution in [2.24, 2.45) is 0 Å². The molecule has 1 heterocycles. The number of hydrogen-bond acceptors (Lipinski definition) is 7. The van der Waals surface area contributed by atoms with E-state index in [9.17, 15) is 9.59 Å². The minimum Gasteiger partial charge on any atom is -0.492 e. The zero-order valence-corrected chi connectivity index (χ0v) is 20.8. The highest BCUT2D eigenvalue weighted by Crippen LogP contribution is 2.37. The molecule has 0 spiro atoms. The highest BCUT2D eigenvalue weighted by molar-refractivity contribution is 6.05. The zero-order valence-electron chi connectivity index (χ0n) is 20.8. The zero-order chi connectivity index (χ0) is 25.4. The average molecular weight is 481 g/mol. The van der Waals surface area contributed by atoms with Crippen LogP contribution in [0.4, 0.5) is 11.4 Å². The number of likely N-dealkylation sites (N-methyl/N-ethyl adjacent to an activating group) is 1. The SMILES string of the molecule is CCOc1cc(NC(=O)c2ccccc2)c(OCC)cc1NC(=O)CN(C)Cc1c(C)noc1C. The van der Waals surface area contributed by atoms with Crippen LogP contribution >= 0.6 is 0 Å². The summed E-state index contributed by atoms with van der Waals surface area (Å²) < 4.78 is 16.7. The molecule has 3 aromatic rings. The Hall–Kier alpha value is -3.85. The Bertz CT molecular complexity index is 1140. The van der Waals surface area contributed by atoms with E-state index in [4.69, 9.17) is 14.0 Å². The second-order valence-electron chi connectivity index (χ2n) is 8.05. The predicted octanol–water partition coefficient (Wildman–Crippen LogP) is 4.41. The lowest BCUT2D eigenvalue weighted by atomic mass is 10.2. The Morgan fingerprint density at radius 2 is 1.57 bits per heavy atom. The van der Waals surface area contributed by atoms with Crippen LogP contribution in [0.1, 0.15) is 41.2 Å². The Kier molecular flexibility index (Phi) is 8.86. The molecule has 2 aromatic carbocycles. The first-order valence-electron chi connectivity index (χ1n) is 11.5. The highest BCUT2D eigenvalue weighted by atomic mass is 16.5. The van der Waals surface area contributed by atoms with Crippen LogP contribution in [0.2, 0.25) is 0 Å². The summed E-state index contributed by atoms with van der Waals surface area (Å²) in [6.45, 7) is 8.87. The lowest BCUT2D eigenvalue weighted by Gasteiger charge is -2.19. The van der Waals surface area contributed by atoms with Crippen LogP contribution in [0.15, 0.2) is 47.0 Å². The molecule has 2 amide bonds. The molecule has 0 saturated carbocycles. The summed E-state index contributed by atoms with van der Waals surface area (Å²) in [6, 6.07) is 12.2. The largest absolute Gasteiger partial charge is 0.492 e. The first-order chi connectivity index (χ1) is 16.8. The third-order valence-electron chi connectivity index (χ3n) is 5.26. The first-order valence-corrected chi connectivity index (χ1v) is 11.5. The summed E-state index contributed by atoms with van der Waals surface area (Å²) >= 11 is 0. The molecule has 1 aromatic heterocycles. The summed E-state index contributed by atoms with van der Waals surface area (Å²) in [5, 5.41) is 9.75. The van der Waals surface area contributed by atoms with Gasteiger partial charge in [0.15, 0.2) is 0 Å². The highest BCUT2D eigenvalue weighted by Gasteiger charge is 2.18. The van der Waals surface area contributed by atoms with E-state index in [2.05, 4.69) is 15.8 Å². The van der Waals surface area contributed by atoms with Gasteiger partial charge in [-0.2, -0.15) is 0 Å². The fourth-order valence-electron chi connectivity index (χ4n) is 3.58. The van der Waals surface area contributed by atoms with Gasteiger partial charge in [0.2, 0.25) is 5.91 Å². The van der Waals surface area contributed by atoms with E-state index in [0.29, 0.717) is 48.2 Å². The molecule has 0 fully saturated rings. The van der Waals surface area contributed by atoms with Gasteiger partial charge in [-0.1, -0.05) is 23.4 Å². The standard InChI is InChI=1S/C26H32N4O5/c1-6-33-23-14-22(28-26(32)19-11-9-8-10-12-19)24(34-7-2)13-21(23)27-25(31)16-30(5)15-20-17(3)29-35-18(20)4/h8-14H,6-7,15-16H2,1-5H3,(H,27,31)(H,28,32). The van der Waals surface area contributed by atoms with Gasteiger partial charge in [-0.25, -0.2) is 0 Å². The van der Waals surface area contributed by atoms with Gasteiger partial charge in [-0.3, -0.25) is 14.5 Å². The van der Waals surface area contributed by atoms with Crippen LogP contribution in [0.25, 0.3) is 0 Å². The molecule has 186 valence electrons. The Morgan fingerprint density at radius 3 is 2.11 bits per heavy atom. The summed E-state index contributed by atoms with van der Waals surface area (Å²) in [7, 11) is 1.85. The maximum absolute atomic E-state index is 12.8. The summed E-state index contributed by atoms with van der Waals surface area (Å²) in [4.78, 5) is 27.4. The van der Waals surface area contributed by atoms with Crippen LogP contribution in [0.5, 0.6) is 11.5 Å². The Morgan fingerprint density at radius 1 is 0.971 bits per heavy atom. The van der Waals surface area contributed by atoms with Gasteiger partial charge in [0.25, 0.3) is 5.91 Å². The van der Waals surface area contributed by atoms with E-state index in [-0.39, 0.29) is 18.4 Å². The van der Waals surface area contributed by atoms with Crippen LogP contribution in [-0.2, 0) is 11.3 Å². The summed E-state index contributed by atoms with van der Waals surface area (Å²) in [6.07, 6.45) is 0. The molecule has 0 radical (unpaired) electrons. The number of rotatable bonds is 11. The van der Waals surface area contributed by atoms with Crippen LogP contribution in [0, 0.1) is 13.8 Å². The molecule has 0 atom stereocenters. The van der Waals surface area contributed by atoms with Crippen molar-refractivity contribution in [1.29, 1.82) is 0 Å². The number of anilines is 2. The molecule has 0 aliphatic heterocycles. The monoisotopic (exact) mass is 480 g/mol. The van der Waals surface area contributed by atoms with Crippen LogP contribution in [-0.4, -0.2) is 48.7 Å². The number of ether oxygens (including phenoxy) is 2. The molecule has 0 aliphatic rings. The average Bonchev–Trinajstić information content (AvgIpc) is 3.14. The van der Waals surface area contributed by atoms with E-state index in [1.807, 2.05) is 45.7 Å². The van der Waals surface area contributed by atoms with Crippen LogP contribution in [0.3, 0.4) is 0 Å². The van der Waals surface area contributed by atoms with Gasteiger partial charge in [-0.15, -0.1) is 0 Å². The van der Waals surface area contributed by atoms with Gasteiger partial charge in [-0.05, 0) is 46.9 Å². The number of benzene rings is 2. The Balaban J connectivity index is 1.78. The summed E-state index contributed by atoms with van der Waals surface area (Å²) in [5.41, 5.74) is 3.21. The van der Waals surface area contributed by atoms with Gasteiger partial charge < -0.3 is 24.6 Å². The minimum absolute atomic E-state index is 0.145. The number of amides is 2. The molecule has 2 N–H and O–H groups in total. The van der Waals surface area contributed by atoms with Gasteiger partial charge >= 0.3 is 0 Å². The van der Waals surface area contributed by atoms with Crippen molar-refractivity contribution < 1.29 is 23.6 Å². The van der Waals surface area contributed by atoms with E-state index < -0.39 is 0 Å². The number of aromatic nitrogens is 1. The third kappa shape index (κ3) is 6.83. The molecule has 35 heavy (non-hydrogen) atoms. The van der Waals surface area contributed by atoms with Crippen molar-refractivity contribution in [3.8, 4) is 11.5 Å². The second kappa shape index (κ2) is 12.0. The minimum atomic E-state index is -0.272. The lowest BCUT2D eigenvalue weighted by Crippen LogP contribution is -2.30. The molecule has 0 saturated heterocycles. The topological polar surface area (TPSA) is 106 Å². The molecule has 9 nitrogen and oxygen atoms in total. The van der Waals surface area contributed by atoms with Gasteiger partial charge in [0.1, 0.15) is 17.3 Å². The maximum atomic E-state index is 12.8. The molecular weight excluding hydrogens is 448 g/mol. The van der Waals surface area contributed by atoms with Crippen LogP contribution < -0.4 is 20.1 Å². The Labute approximate surface area is 205 Å².